The Morgan fingerprint density at radius 2 is 2.00 bits per heavy atom. The fourth-order valence-electron chi connectivity index (χ4n) is 3.58. The van der Waals surface area contributed by atoms with Crippen LogP contribution in [0.15, 0.2) is 42.5 Å². The van der Waals surface area contributed by atoms with Crippen LogP contribution in [0, 0.1) is 0 Å². The highest BCUT2D eigenvalue weighted by molar-refractivity contribution is 6.31. The number of pyridine rings is 1. The molecule has 0 saturated carbocycles. The van der Waals surface area contributed by atoms with Crippen LogP contribution < -0.4 is 5.32 Å². The van der Waals surface area contributed by atoms with E-state index in [0.717, 1.165) is 47.0 Å². The van der Waals surface area contributed by atoms with Crippen LogP contribution in [0.3, 0.4) is 0 Å². The number of aryl methyl sites for hydroxylation is 1. The van der Waals surface area contributed by atoms with E-state index in [-0.39, 0.29) is 18.0 Å². The van der Waals surface area contributed by atoms with Crippen molar-refractivity contribution in [1.29, 1.82) is 0 Å². The Balaban J connectivity index is 1.68. The first-order valence-electron chi connectivity index (χ1n) is 8.74. The molecule has 0 spiro atoms. The number of nitrogens with one attached hydrogen (secondary N) is 1. The average Bonchev–Trinajstić information content (AvgIpc) is 3.12. The first-order chi connectivity index (χ1) is 13.0. The van der Waals surface area contributed by atoms with Crippen molar-refractivity contribution in [2.24, 2.45) is 0 Å². The fourth-order valence-corrected chi connectivity index (χ4v) is 3.75. The zero-order valence-electron chi connectivity index (χ0n) is 14.5. The fraction of sp³-hybridized carbons (Fsp3) is 0.190. The monoisotopic (exact) mass is 380 g/mol. The molecule has 136 valence electrons. The first kappa shape index (κ1) is 17.5. The van der Waals surface area contributed by atoms with Crippen LogP contribution in [0.1, 0.15) is 44.0 Å². The van der Waals surface area contributed by atoms with Gasteiger partial charge in [-0.3, -0.25) is 9.78 Å². The lowest BCUT2D eigenvalue weighted by atomic mass is 10.0. The second-order valence-electron chi connectivity index (χ2n) is 6.62. The number of rotatable bonds is 4. The van der Waals surface area contributed by atoms with E-state index in [0.29, 0.717) is 10.6 Å². The molecule has 0 radical (unpaired) electrons. The minimum atomic E-state index is -0.990. The molecule has 3 aromatic rings. The molecule has 27 heavy (non-hydrogen) atoms. The molecule has 1 amide bonds. The molecule has 0 aliphatic heterocycles. The van der Waals surface area contributed by atoms with Gasteiger partial charge in [-0.25, -0.2) is 4.79 Å². The predicted octanol–water partition coefficient (Wildman–Crippen LogP) is 4.01. The number of hydrogen-bond donors (Lipinski definition) is 2. The van der Waals surface area contributed by atoms with E-state index in [1.165, 1.54) is 6.07 Å². The number of amides is 1. The molecular formula is C21H17ClN2O3. The molecule has 4 rings (SSSR count). The van der Waals surface area contributed by atoms with E-state index in [9.17, 15) is 9.59 Å². The Hall–Kier alpha value is -2.92. The van der Waals surface area contributed by atoms with Gasteiger partial charge in [-0.05, 0) is 60.7 Å². The maximum absolute atomic E-state index is 13.0. The summed E-state index contributed by atoms with van der Waals surface area (Å²) in [6.45, 7) is 0.249. The van der Waals surface area contributed by atoms with Crippen LogP contribution in [0.25, 0.3) is 10.9 Å². The number of aromatic carboxylic acids is 1. The Bertz CT molecular complexity index is 1080. The van der Waals surface area contributed by atoms with Crippen LogP contribution in [-0.4, -0.2) is 22.0 Å². The van der Waals surface area contributed by atoms with Gasteiger partial charge in [-0.15, -0.1) is 0 Å². The molecule has 1 heterocycles. The number of carbonyl (C=O) groups is 2. The Morgan fingerprint density at radius 1 is 1.15 bits per heavy atom. The highest BCUT2D eigenvalue weighted by atomic mass is 35.5. The number of hydrogen-bond acceptors (Lipinski definition) is 3. The minimum Gasteiger partial charge on any atom is -0.478 e. The lowest BCUT2D eigenvalue weighted by Gasteiger charge is -2.13. The normalized spacial score (nSPS) is 12.8. The van der Waals surface area contributed by atoms with Crippen molar-refractivity contribution < 1.29 is 14.7 Å². The van der Waals surface area contributed by atoms with Gasteiger partial charge in [0.15, 0.2) is 0 Å². The number of carbonyl (C=O) groups excluding carboxylic acids is 1. The van der Waals surface area contributed by atoms with Crippen molar-refractivity contribution in [2.75, 3.05) is 0 Å². The minimum absolute atomic E-state index is 0.191. The first-order valence-corrected chi connectivity index (χ1v) is 9.12. The number of fused-ring (bicyclic) bond motifs is 2. The van der Waals surface area contributed by atoms with E-state index in [1.54, 1.807) is 30.3 Å². The Labute approximate surface area is 161 Å². The zero-order valence-corrected chi connectivity index (χ0v) is 15.2. The maximum Gasteiger partial charge on any atom is 0.335 e. The van der Waals surface area contributed by atoms with E-state index in [2.05, 4.69) is 10.3 Å². The number of aromatic nitrogens is 1. The summed E-state index contributed by atoms with van der Waals surface area (Å²) in [6.07, 6.45) is 2.67. The lowest BCUT2D eigenvalue weighted by molar-refractivity contribution is 0.0696. The molecule has 1 aliphatic carbocycles. The Morgan fingerprint density at radius 3 is 2.81 bits per heavy atom. The van der Waals surface area contributed by atoms with Crippen molar-refractivity contribution in [2.45, 2.75) is 25.8 Å². The largest absolute Gasteiger partial charge is 0.478 e. The third kappa shape index (κ3) is 3.38. The summed E-state index contributed by atoms with van der Waals surface area (Å²) in [5, 5.41) is 13.3. The summed E-state index contributed by atoms with van der Waals surface area (Å²) in [5.74, 6) is -1.18. The summed E-state index contributed by atoms with van der Waals surface area (Å²) in [4.78, 5) is 28.8. The van der Waals surface area contributed by atoms with Gasteiger partial charge in [0.25, 0.3) is 5.91 Å². The Kier molecular flexibility index (Phi) is 4.54. The molecule has 5 nitrogen and oxygen atoms in total. The van der Waals surface area contributed by atoms with Gasteiger partial charge in [0.05, 0.1) is 16.6 Å². The second-order valence-corrected chi connectivity index (χ2v) is 7.05. The van der Waals surface area contributed by atoms with E-state index in [4.69, 9.17) is 16.7 Å². The number of benzene rings is 2. The van der Waals surface area contributed by atoms with E-state index < -0.39 is 5.97 Å². The molecule has 1 aromatic heterocycles. The highest BCUT2D eigenvalue weighted by Gasteiger charge is 2.23. The summed E-state index contributed by atoms with van der Waals surface area (Å²) in [7, 11) is 0. The van der Waals surface area contributed by atoms with Crippen molar-refractivity contribution in [3.8, 4) is 0 Å². The molecule has 0 atom stereocenters. The summed E-state index contributed by atoms with van der Waals surface area (Å²) in [6, 6.07) is 11.9. The van der Waals surface area contributed by atoms with Gasteiger partial charge in [0.1, 0.15) is 0 Å². The van der Waals surface area contributed by atoms with Crippen LogP contribution in [0.2, 0.25) is 5.02 Å². The molecular weight excluding hydrogens is 364 g/mol. The van der Waals surface area contributed by atoms with E-state index in [1.807, 2.05) is 6.07 Å². The summed E-state index contributed by atoms with van der Waals surface area (Å²) >= 11 is 6.15. The molecule has 0 saturated heterocycles. The standard InChI is InChI=1S/C21H17ClN2O3/c22-14-7-8-18-16(10-14)19(15-5-2-6-17(15)24-18)20(25)23-11-12-3-1-4-13(9-12)21(26)27/h1,3-4,7-10H,2,5-6,11H2,(H,23,25)(H,26,27). The van der Waals surface area contributed by atoms with Crippen molar-refractivity contribution >= 4 is 34.4 Å². The van der Waals surface area contributed by atoms with Crippen LogP contribution in [-0.2, 0) is 19.4 Å². The predicted molar refractivity (Wildman–Crippen MR) is 103 cm³/mol. The third-order valence-electron chi connectivity index (χ3n) is 4.83. The van der Waals surface area contributed by atoms with E-state index >= 15 is 0 Å². The van der Waals surface area contributed by atoms with Gasteiger partial charge >= 0.3 is 5.97 Å². The third-order valence-corrected chi connectivity index (χ3v) is 5.06. The molecule has 0 bridgehead atoms. The molecule has 1 aliphatic rings. The van der Waals surface area contributed by atoms with Crippen molar-refractivity contribution in [1.82, 2.24) is 10.3 Å². The quantitative estimate of drug-likeness (QED) is 0.716. The van der Waals surface area contributed by atoms with Gasteiger partial charge in [0.2, 0.25) is 0 Å². The molecule has 2 aromatic carbocycles. The smallest absolute Gasteiger partial charge is 0.335 e. The van der Waals surface area contributed by atoms with Gasteiger partial charge < -0.3 is 10.4 Å². The molecule has 2 N–H and O–H groups in total. The number of carboxylic acids is 1. The SMILES string of the molecule is O=C(O)c1cccc(CNC(=O)c2c3c(nc4ccc(Cl)cc24)CCC3)c1. The summed E-state index contributed by atoms with van der Waals surface area (Å²) < 4.78 is 0. The molecule has 0 fully saturated rings. The van der Waals surface area contributed by atoms with Crippen LogP contribution >= 0.6 is 11.6 Å². The second kappa shape index (κ2) is 7.00. The maximum atomic E-state index is 13.0. The van der Waals surface area contributed by atoms with Gasteiger partial charge in [-0.2, -0.15) is 0 Å². The average molecular weight is 381 g/mol. The van der Waals surface area contributed by atoms with Crippen molar-refractivity contribution in [3.05, 3.63) is 75.4 Å². The molecule has 0 unspecified atom stereocenters. The lowest BCUT2D eigenvalue weighted by Crippen LogP contribution is -2.24. The van der Waals surface area contributed by atoms with Crippen LogP contribution in [0.4, 0.5) is 0 Å². The molecule has 6 heteroatoms. The van der Waals surface area contributed by atoms with Gasteiger partial charge in [-0.1, -0.05) is 23.7 Å². The number of carboxylic acid groups (broad SMARTS) is 1. The number of halogens is 1. The zero-order chi connectivity index (χ0) is 19.0. The van der Waals surface area contributed by atoms with Crippen molar-refractivity contribution in [3.63, 3.8) is 0 Å². The van der Waals surface area contributed by atoms with Gasteiger partial charge in [0, 0.05) is 22.6 Å². The van der Waals surface area contributed by atoms with Crippen LogP contribution in [0.5, 0.6) is 0 Å². The summed E-state index contributed by atoms with van der Waals surface area (Å²) in [5.41, 5.74) is 4.28. The number of nitrogens with zero attached hydrogens (tertiary/aromatic N) is 1. The highest BCUT2D eigenvalue weighted by Crippen LogP contribution is 2.31. The topological polar surface area (TPSA) is 79.3 Å².